The predicted molar refractivity (Wildman–Crippen MR) is 77.3 cm³/mol. The monoisotopic (exact) mass is 237 g/mol. The molecular formula is C16H31N. The van der Waals surface area contributed by atoms with Crippen LogP contribution in [0.1, 0.15) is 72.1 Å². The standard InChI is InChI=1S/C16H31N/c1-4-11-14(3)16(17-5-2)15-12-9-7-6-8-10-13-15/h12,14,16-17H,4-11,13H2,1-3H3. The Kier molecular flexibility index (Phi) is 7.59. The molecule has 0 aliphatic heterocycles. The van der Waals surface area contributed by atoms with Gasteiger partial charge in [0.1, 0.15) is 0 Å². The van der Waals surface area contributed by atoms with Crippen LogP contribution in [-0.2, 0) is 0 Å². The van der Waals surface area contributed by atoms with Gasteiger partial charge in [-0.2, -0.15) is 0 Å². The van der Waals surface area contributed by atoms with E-state index in [1.54, 1.807) is 5.57 Å². The lowest BCUT2D eigenvalue weighted by molar-refractivity contribution is 0.386. The number of nitrogens with one attached hydrogen (secondary N) is 1. The number of hydrogen-bond acceptors (Lipinski definition) is 1. The number of allylic oxidation sites excluding steroid dienone is 1. The quantitative estimate of drug-likeness (QED) is 0.661. The molecule has 1 N–H and O–H groups in total. The average molecular weight is 237 g/mol. The Hall–Kier alpha value is -0.300. The van der Waals surface area contributed by atoms with Crippen molar-refractivity contribution >= 4 is 0 Å². The molecule has 2 unspecified atom stereocenters. The summed E-state index contributed by atoms with van der Waals surface area (Å²) in [5.41, 5.74) is 1.70. The smallest absolute Gasteiger partial charge is 0.0305 e. The molecule has 17 heavy (non-hydrogen) atoms. The van der Waals surface area contributed by atoms with Gasteiger partial charge in [0.25, 0.3) is 0 Å². The summed E-state index contributed by atoms with van der Waals surface area (Å²) in [5.74, 6) is 0.783. The zero-order valence-corrected chi connectivity index (χ0v) is 12.1. The van der Waals surface area contributed by atoms with Crippen molar-refractivity contribution in [2.75, 3.05) is 6.54 Å². The van der Waals surface area contributed by atoms with E-state index in [9.17, 15) is 0 Å². The predicted octanol–water partition coefficient (Wildman–Crippen LogP) is 4.68. The van der Waals surface area contributed by atoms with Crippen LogP contribution in [0.25, 0.3) is 0 Å². The van der Waals surface area contributed by atoms with E-state index >= 15 is 0 Å². The molecule has 0 aromatic rings. The van der Waals surface area contributed by atoms with Crippen molar-refractivity contribution in [3.8, 4) is 0 Å². The van der Waals surface area contributed by atoms with Crippen molar-refractivity contribution in [1.29, 1.82) is 0 Å². The molecule has 0 aromatic heterocycles. The van der Waals surface area contributed by atoms with Gasteiger partial charge in [0.05, 0.1) is 0 Å². The van der Waals surface area contributed by atoms with E-state index in [1.807, 2.05) is 0 Å². The Morgan fingerprint density at radius 1 is 1.18 bits per heavy atom. The second kappa shape index (κ2) is 8.74. The average Bonchev–Trinajstić information content (AvgIpc) is 2.27. The van der Waals surface area contributed by atoms with Crippen molar-refractivity contribution in [3.05, 3.63) is 11.6 Å². The molecule has 0 saturated heterocycles. The number of likely N-dealkylation sites (N-methyl/N-ethyl adjacent to an activating group) is 1. The molecule has 1 nitrogen and oxygen atoms in total. The van der Waals surface area contributed by atoms with Crippen molar-refractivity contribution < 1.29 is 0 Å². The Balaban J connectivity index is 2.65. The van der Waals surface area contributed by atoms with Crippen LogP contribution in [0.5, 0.6) is 0 Å². The van der Waals surface area contributed by atoms with Crippen LogP contribution < -0.4 is 5.32 Å². The van der Waals surface area contributed by atoms with E-state index in [-0.39, 0.29) is 0 Å². The zero-order chi connectivity index (χ0) is 12.5. The van der Waals surface area contributed by atoms with Crippen molar-refractivity contribution in [3.63, 3.8) is 0 Å². The van der Waals surface area contributed by atoms with Gasteiger partial charge < -0.3 is 5.32 Å². The second-order valence-corrected chi connectivity index (χ2v) is 5.53. The first-order chi connectivity index (χ1) is 8.29. The summed E-state index contributed by atoms with van der Waals surface area (Å²) in [6, 6.07) is 0.637. The van der Waals surface area contributed by atoms with E-state index in [0.29, 0.717) is 6.04 Å². The third-order valence-electron chi connectivity index (χ3n) is 3.96. The molecule has 0 heterocycles. The molecule has 0 spiro atoms. The maximum atomic E-state index is 3.72. The Morgan fingerprint density at radius 3 is 2.65 bits per heavy atom. The zero-order valence-electron chi connectivity index (χ0n) is 12.1. The first-order valence-corrected chi connectivity index (χ1v) is 7.71. The lowest BCUT2D eigenvalue weighted by atomic mass is 9.86. The highest BCUT2D eigenvalue weighted by Crippen LogP contribution is 2.25. The minimum atomic E-state index is 0.637. The van der Waals surface area contributed by atoms with Crippen LogP contribution in [0, 0.1) is 5.92 Å². The van der Waals surface area contributed by atoms with E-state index in [4.69, 9.17) is 0 Å². The van der Waals surface area contributed by atoms with Crippen molar-refractivity contribution in [2.24, 2.45) is 5.92 Å². The SMILES string of the molecule is CCCC(C)C(NCC)C1=CCCCCCC1. The van der Waals surface area contributed by atoms with Gasteiger partial charge in [-0.3, -0.25) is 0 Å². The topological polar surface area (TPSA) is 12.0 Å². The van der Waals surface area contributed by atoms with E-state index < -0.39 is 0 Å². The lowest BCUT2D eigenvalue weighted by Crippen LogP contribution is -2.36. The molecular weight excluding hydrogens is 206 g/mol. The highest BCUT2D eigenvalue weighted by atomic mass is 14.9. The molecule has 0 bridgehead atoms. The summed E-state index contributed by atoms with van der Waals surface area (Å²) >= 11 is 0. The van der Waals surface area contributed by atoms with Crippen LogP contribution in [0.3, 0.4) is 0 Å². The highest BCUT2D eigenvalue weighted by molar-refractivity contribution is 5.13. The maximum absolute atomic E-state index is 3.72. The molecule has 0 saturated carbocycles. The van der Waals surface area contributed by atoms with E-state index in [2.05, 4.69) is 32.2 Å². The van der Waals surface area contributed by atoms with Crippen molar-refractivity contribution in [1.82, 2.24) is 5.32 Å². The molecule has 1 rings (SSSR count). The van der Waals surface area contributed by atoms with Gasteiger partial charge in [-0.15, -0.1) is 0 Å². The first kappa shape index (κ1) is 14.8. The fourth-order valence-corrected chi connectivity index (χ4v) is 3.04. The molecule has 1 heteroatoms. The van der Waals surface area contributed by atoms with Gasteiger partial charge in [-0.1, -0.05) is 51.7 Å². The third-order valence-corrected chi connectivity index (χ3v) is 3.96. The molecule has 0 radical (unpaired) electrons. The Morgan fingerprint density at radius 2 is 1.94 bits per heavy atom. The minimum Gasteiger partial charge on any atom is -0.310 e. The summed E-state index contributed by atoms with van der Waals surface area (Å²) in [4.78, 5) is 0. The number of hydrogen-bond donors (Lipinski definition) is 1. The van der Waals surface area contributed by atoms with Crippen molar-refractivity contribution in [2.45, 2.75) is 78.2 Å². The summed E-state index contributed by atoms with van der Waals surface area (Å²) in [5, 5.41) is 3.72. The summed E-state index contributed by atoms with van der Waals surface area (Å²) in [6.45, 7) is 8.04. The fourth-order valence-electron chi connectivity index (χ4n) is 3.04. The lowest BCUT2D eigenvalue weighted by Gasteiger charge is -2.28. The Labute approximate surface area is 108 Å². The molecule has 1 aliphatic rings. The molecule has 0 amide bonds. The van der Waals surface area contributed by atoms with Gasteiger partial charge >= 0.3 is 0 Å². The molecule has 0 fully saturated rings. The largest absolute Gasteiger partial charge is 0.310 e. The molecule has 0 aromatic carbocycles. The maximum Gasteiger partial charge on any atom is 0.0305 e. The van der Waals surface area contributed by atoms with Gasteiger partial charge in [0.15, 0.2) is 0 Å². The van der Waals surface area contributed by atoms with Gasteiger partial charge in [-0.05, 0) is 44.6 Å². The van der Waals surface area contributed by atoms with Gasteiger partial charge in [0, 0.05) is 6.04 Å². The third kappa shape index (κ3) is 5.25. The van der Waals surface area contributed by atoms with E-state index in [0.717, 1.165) is 12.5 Å². The fraction of sp³-hybridized carbons (Fsp3) is 0.875. The summed E-state index contributed by atoms with van der Waals surface area (Å²) in [7, 11) is 0. The molecule has 1 aliphatic carbocycles. The Bertz CT molecular complexity index is 220. The van der Waals surface area contributed by atoms with Crippen LogP contribution in [0.4, 0.5) is 0 Å². The highest BCUT2D eigenvalue weighted by Gasteiger charge is 2.19. The van der Waals surface area contributed by atoms with Gasteiger partial charge in [0.2, 0.25) is 0 Å². The first-order valence-electron chi connectivity index (χ1n) is 7.71. The normalized spacial score (nSPS) is 21.2. The summed E-state index contributed by atoms with van der Waals surface area (Å²) in [6.07, 6.45) is 13.5. The van der Waals surface area contributed by atoms with Gasteiger partial charge in [-0.25, -0.2) is 0 Å². The van der Waals surface area contributed by atoms with Crippen LogP contribution in [-0.4, -0.2) is 12.6 Å². The van der Waals surface area contributed by atoms with Crippen LogP contribution in [0.2, 0.25) is 0 Å². The van der Waals surface area contributed by atoms with Crippen LogP contribution in [0.15, 0.2) is 11.6 Å². The van der Waals surface area contributed by atoms with Crippen LogP contribution >= 0.6 is 0 Å². The number of rotatable bonds is 6. The molecule has 2 atom stereocenters. The van der Waals surface area contributed by atoms with E-state index in [1.165, 1.54) is 51.4 Å². The summed E-state index contributed by atoms with van der Waals surface area (Å²) < 4.78 is 0. The minimum absolute atomic E-state index is 0.637. The second-order valence-electron chi connectivity index (χ2n) is 5.53. The molecule has 100 valence electrons.